The maximum absolute atomic E-state index is 12.3. The lowest BCUT2D eigenvalue weighted by Gasteiger charge is -2.13. The number of hydrogen-bond acceptors (Lipinski definition) is 19. The minimum absolute atomic E-state index is 0.0497. The second kappa shape index (κ2) is 26.7. The molecule has 8 fully saturated rings. The van der Waals surface area contributed by atoms with Gasteiger partial charge in [0.15, 0.2) is 0 Å². The van der Waals surface area contributed by atoms with Crippen LogP contribution in [-0.4, -0.2) is 172 Å². The smallest absolute Gasteiger partial charge is 0.342 e. The van der Waals surface area contributed by atoms with Crippen LogP contribution < -0.4 is 23.7 Å². The van der Waals surface area contributed by atoms with Crippen LogP contribution in [0.5, 0.6) is 28.7 Å². The van der Waals surface area contributed by atoms with Gasteiger partial charge in [-0.15, -0.1) is 0 Å². The Kier molecular flexibility index (Phi) is 17.7. The van der Waals surface area contributed by atoms with Crippen molar-refractivity contribution in [2.45, 2.75) is 48.8 Å². The molecule has 8 unspecified atom stereocenters. The molecule has 0 aliphatic carbocycles. The topological polar surface area (TPSA) is 225 Å². The summed E-state index contributed by atoms with van der Waals surface area (Å²) in [5.74, 6) is 2.60. The number of carbonyl (C=O) groups excluding carboxylic acids is 3. The van der Waals surface area contributed by atoms with Crippen LogP contribution in [0.1, 0.15) is 31.1 Å². The summed E-state index contributed by atoms with van der Waals surface area (Å²) < 4.78 is 85.4. The van der Waals surface area contributed by atoms with E-state index in [0.717, 1.165) is 80.2 Å². The zero-order chi connectivity index (χ0) is 58.2. The van der Waals surface area contributed by atoms with Crippen LogP contribution in [0.3, 0.4) is 0 Å². The van der Waals surface area contributed by atoms with E-state index in [1.807, 2.05) is 127 Å². The van der Waals surface area contributed by atoms with E-state index in [4.69, 9.17) is 75.8 Å². The summed E-state index contributed by atoms with van der Waals surface area (Å²) in [6.07, 6.45) is 1.23. The molecule has 446 valence electrons. The third kappa shape index (κ3) is 16.6. The van der Waals surface area contributed by atoms with Gasteiger partial charge in [0, 0.05) is 10.8 Å². The molecule has 8 saturated heterocycles. The van der Waals surface area contributed by atoms with Crippen LogP contribution >= 0.6 is 0 Å². The van der Waals surface area contributed by atoms with Gasteiger partial charge in [-0.05, 0) is 99.0 Å². The van der Waals surface area contributed by atoms with Crippen molar-refractivity contribution in [3.8, 4) is 28.7 Å². The first-order valence-electron chi connectivity index (χ1n) is 29.0. The predicted molar refractivity (Wildman–Crippen MR) is 312 cm³/mol. The molecule has 16 rings (SSSR count). The van der Waals surface area contributed by atoms with Crippen molar-refractivity contribution in [2.75, 3.05) is 106 Å². The zero-order valence-corrected chi connectivity index (χ0v) is 47.0. The Labute approximate surface area is 494 Å². The van der Waals surface area contributed by atoms with Crippen LogP contribution in [0, 0.1) is 0 Å². The van der Waals surface area contributed by atoms with Crippen LogP contribution in [0.4, 0.5) is 0 Å². The highest BCUT2D eigenvalue weighted by atomic mass is 16.6. The second-order valence-corrected chi connectivity index (χ2v) is 21.7. The van der Waals surface area contributed by atoms with Gasteiger partial charge in [-0.3, -0.25) is 0 Å². The summed E-state index contributed by atoms with van der Waals surface area (Å²) >= 11 is 0. The van der Waals surface area contributed by atoms with Crippen molar-refractivity contribution >= 4 is 61.0 Å². The Hall–Kier alpha value is -8.11. The Morgan fingerprint density at radius 2 is 0.733 bits per heavy atom. The summed E-state index contributed by atoms with van der Waals surface area (Å²) in [7, 11) is 0. The zero-order valence-electron chi connectivity index (χ0n) is 47.0. The van der Waals surface area contributed by atoms with Crippen LogP contribution in [0.25, 0.3) is 43.1 Å². The first kappa shape index (κ1) is 57.0. The van der Waals surface area contributed by atoms with Gasteiger partial charge in [-0.1, -0.05) is 78.9 Å². The monoisotopic (exact) mass is 1170 g/mol. The van der Waals surface area contributed by atoms with Crippen molar-refractivity contribution in [2.24, 2.45) is 0 Å². The SMILES string of the molecule is O=C(OCC1CO1)c1cc2ccccc2cc1OCC1CO1.O=C(OCC1CO1)c1ccc2cc(OCC3CO3)ccc2c1.O=C(OCC1CO1)c1ccc2ccccc2c1OCC1CO1.c1cc(OCC2CO2)c2ccc(OCC3CO3)cc2c1. The van der Waals surface area contributed by atoms with E-state index in [0.29, 0.717) is 101 Å². The van der Waals surface area contributed by atoms with Gasteiger partial charge in [-0.25, -0.2) is 14.4 Å². The van der Waals surface area contributed by atoms with Gasteiger partial charge in [0.25, 0.3) is 0 Å². The van der Waals surface area contributed by atoms with E-state index < -0.39 is 0 Å². The Bertz CT molecular complexity index is 3650. The number of rotatable bonds is 24. The number of esters is 3. The van der Waals surface area contributed by atoms with E-state index >= 15 is 0 Å². The largest absolute Gasteiger partial charge is 0.491 e. The first-order valence-corrected chi connectivity index (χ1v) is 29.0. The fourth-order valence-corrected chi connectivity index (χ4v) is 8.92. The van der Waals surface area contributed by atoms with Crippen LogP contribution in [-0.2, 0) is 52.1 Å². The normalized spacial score (nSPS) is 22.7. The third-order valence-corrected chi connectivity index (χ3v) is 14.6. The van der Waals surface area contributed by atoms with E-state index in [9.17, 15) is 14.4 Å². The molecule has 8 atom stereocenters. The average molecular weight is 1170 g/mol. The number of benzene rings is 8. The summed E-state index contributed by atoms with van der Waals surface area (Å²) in [4.78, 5) is 36.6. The highest BCUT2D eigenvalue weighted by Gasteiger charge is 2.31. The Morgan fingerprint density at radius 3 is 1.33 bits per heavy atom. The molecule has 0 bridgehead atoms. The Balaban J connectivity index is 0.000000106. The van der Waals surface area contributed by atoms with Gasteiger partial charge >= 0.3 is 17.9 Å². The number of hydrogen-bond donors (Lipinski definition) is 0. The predicted octanol–water partition coefficient (Wildman–Crippen LogP) is 8.91. The van der Waals surface area contributed by atoms with E-state index in [1.54, 1.807) is 12.1 Å². The molecular weight excluding hydrogens is 1110 g/mol. The van der Waals surface area contributed by atoms with E-state index in [-0.39, 0.29) is 80.0 Å². The van der Waals surface area contributed by atoms with Crippen LogP contribution in [0.2, 0.25) is 0 Å². The molecule has 0 saturated carbocycles. The third-order valence-electron chi connectivity index (χ3n) is 14.6. The van der Waals surface area contributed by atoms with Crippen molar-refractivity contribution in [1.29, 1.82) is 0 Å². The molecule has 8 aliphatic heterocycles. The minimum Gasteiger partial charge on any atom is -0.491 e. The summed E-state index contributed by atoms with van der Waals surface area (Å²) in [6.45, 7) is 9.46. The lowest BCUT2D eigenvalue weighted by Crippen LogP contribution is -2.13. The fourth-order valence-electron chi connectivity index (χ4n) is 8.92. The number of fused-ring (bicyclic) bond motifs is 4. The molecule has 0 aromatic heterocycles. The van der Waals surface area contributed by atoms with Gasteiger partial charge in [0.2, 0.25) is 0 Å². The lowest BCUT2D eigenvalue weighted by molar-refractivity contribution is 0.0463. The highest BCUT2D eigenvalue weighted by Crippen LogP contribution is 2.34. The molecule has 8 aromatic carbocycles. The average Bonchev–Trinajstić information content (AvgIpc) is 4.21. The number of epoxide rings is 8. The fraction of sp³-hybridized carbons (Fsp3) is 0.358. The van der Waals surface area contributed by atoms with Crippen molar-refractivity contribution in [3.63, 3.8) is 0 Å². The first-order chi connectivity index (χ1) is 42.3. The van der Waals surface area contributed by atoms with Gasteiger partial charge in [0.05, 0.1) is 58.4 Å². The molecule has 86 heavy (non-hydrogen) atoms. The van der Waals surface area contributed by atoms with Crippen molar-refractivity contribution < 1.29 is 90.2 Å². The summed E-state index contributed by atoms with van der Waals surface area (Å²) in [5.41, 5.74) is 1.44. The van der Waals surface area contributed by atoms with E-state index in [1.165, 1.54) is 0 Å². The molecule has 8 aliphatic rings. The van der Waals surface area contributed by atoms with Crippen molar-refractivity contribution in [1.82, 2.24) is 0 Å². The molecule has 0 radical (unpaired) electrons. The second-order valence-electron chi connectivity index (χ2n) is 21.7. The number of carbonyl (C=O) groups is 3. The molecule has 19 nitrogen and oxygen atoms in total. The minimum atomic E-state index is -0.382. The summed E-state index contributed by atoms with van der Waals surface area (Å²) in [5, 5.41) is 8.15. The standard InChI is InChI=1S/3C17H16O5.C16H16O4/c18-17(22-10-16-9-21-16)13-2-1-12-6-14(4-3-11(12)5-13)19-7-15-8-20-15;18-17(22-10-14-8-20-14)15-5-11-3-1-2-4-12(11)6-16(15)21-9-13-7-19-13;18-17(22-10-13-8-20-13)15-6-5-11-3-1-2-4-14(11)16(15)21-9-12-7-19-12;1-2-11-6-12(17-7-13-8-18-13)4-5-15(11)16(3-1)20-10-14-9-19-14/h1-6,15-16H,7-10H2;1-6,13-14H,7-10H2;1-6,12-13H,7-10H2;1-6,13-14H,7-10H2. The maximum atomic E-state index is 12.3. The molecule has 0 N–H and O–H groups in total. The molecule has 0 amide bonds. The maximum Gasteiger partial charge on any atom is 0.342 e. The molecule has 8 heterocycles. The molecule has 8 aromatic rings. The molecule has 0 spiro atoms. The van der Waals surface area contributed by atoms with Gasteiger partial charge < -0.3 is 75.8 Å². The lowest BCUT2D eigenvalue weighted by atomic mass is 10.1. The Morgan fingerprint density at radius 1 is 0.314 bits per heavy atom. The molecular formula is C67H64O19. The van der Waals surface area contributed by atoms with Gasteiger partial charge in [0.1, 0.15) is 142 Å². The van der Waals surface area contributed by atoms with Crippen molar-refractivity contribution in [3.05, 3.63) is 162 Å². The van der Waals surface area contributed by atoms with Crippen LogP contribution in [0.15, 0.2) is 146 Å². The highest BCUT2D eigenvalue weighted by molar-refractivity contribution is 6.02. The van der Waals surface area contributed by atoms with Gasteiger partial charge in [-0.2, -0.15) is 0 Å². The number of ether oxygens (including phenoxy) is 16. The summed E-state index contributed by atoms with van der Waals surface area (Å²) in [6, 6.07) is 46.4. The quantitative estimate of drug-likeness (QED) is 0.0313. The molecule has 19 heteroatoms. The van der Waals surface area contributed by atoms with E-state index in [2.05, 4.69) is 6.07 Å².